The summed E-state index contributed by atoms with van der Waals surface area (Å²) in [6.07, 6.45) is 2.59. The second-order valence-electron chi connectivity index (χ2n) is 6.56. The Morgan fingerprint density at radius 1 is 1.30 bits per heavy atom. The fourth-order valence-corrected chi connectivity index (χ4v) is 3.76. The minimum absolute atomic E-state index is 0.172. The van der Waals surface area contributed by atoms with Crippen LogP contribution < -0.4 is 9.47 Å². The zero-order valence-corrected chi connectivity index (χ0v) is 20.4. The molecule has 0 atom stereocenters. The Morgan fingerprint density at radius 3 is 2.73 bits per heavy atom. The fraction of sp³-hybridized carbons (Fsp3) is 0.227. The van der Waals surface area contributed by atoms with Crippen molar-refractivity contribution in [2.75, 3.05) is 7.11 Å². The third-order valence-corrected chi connectivity index (χ3v) is 6.02. The Kier molecular flexibility index (Phi) is 7.30. The van der Waals surface area contributed by atoms with Gasteiger partial charge in [0.1, 0.15) is 0 Å². The molecule has 2 aromatic carbocycles. The number of carbonyl (C=O) groups is 2. The van der Waals surface area contributed by atoms with Crippen molar-refractivity contribution in [3.8, 4) is 11.5 Å². The molecular weight excluding hydrogens is 565 g/mol. The highest BCUT2D eigenvalue weighted by Crippen LogP contribution is 2.38. The van der Waals surface area contributed by atoms with Gasteiger partial charge in [-0.25, -0.2) is 9.79 Å². The Hall–Kier alpha value is -2.20. The molecule has 30 heavy (non-hydrogen) atoms. The van der Waals surface area contributed by atoms with Gasteiger partial charge in [-0.2, -0.15) is 0 Å². The van der Waals surface area contributed by atoms with Gasteiger partial charge >= 0.3 is 11.9 Å². The third-order valence-electron chi connectivity index (χ3n) is 4.26. The van der Waals surface area contributed by atoms with Crippen LogP contribution in [0.25, 0.3) is 6.08 Å². The van der Waals surface area contributed by atoms with Crippen molar-refractivity contribution in [1.82, 2.24) is 0 Å². The summed E-state index contributed by atoms with van der Waals surface area (Å²) < 4.78 is 17.7. The lowest BCUT2D eigenvalue weighted by Crippen LogP contribution is -2.08. The number of halogens is 2. The molecule has 8 heteroatoms. The van der Waals surface area contributed by atoms with E-state index >= 15 is 0 Å². The highest BCUT2D eigenvalue weighted by Gasteiger charge is 2.25. The summed E-state index contributed by atoms with van der Waals surface area (Å²) in [6.45, 7) is 3.91. The largest absolute Gasteiger partial charge is 0.493 e. The molecular formula is C22H19BrINO5. The van der Waals surface area contributed by atoms with Gasteiger partial charge in [-0.3, -0.25) is 4.79 Å². The van der Waals surface area contributed by atoms with Crippen LogP contribution in [0.2, 0.25) is 0 Å². The van der Waals surface area contributed by atoms with Crippen molar-refractivity contribution in [2.45, 2.75) is 26.7 Å². The van der Waals surface area contributed by atoms with Crippen molar-refractivity contribution in [1.29, 1.82) is 0 Å². The molecule has 0 saturated heterocycles. The van der Waals surface area contributed by atoms with Crippen molar-refractivity contribution < 1.29 is 23.8 Å². The van der Waals surface area contributed by atoms with Gasteiger partial charge in [-0.1, -0.05) is 13.0 Å². The third kappa shape index (κ3) is 5.10. The molecule has 2 aromatic rings. The van der Waals surface area contributed by atoms with Gasteiger partial charge in [0.15, 0.2) is 17.2 Å². The number of aliphatic imine (C=N–C) groups is 1. The topological polar surface area (TPSA) is 74.2 Å². The molecule has 0 bridgehead atoms. The van der Waals surface area contributed by atoms with Crippen LogP contribution in [0.3, 0.4) is 0 Å². The standard InChI is InChI=1S/C22H19BrINO5/c1-4-5-19(26)29-20-15(23)8-13(10-18(20)28-3)9-17-22(27)30-21(25-17)14-7-6-12(2)16(24)11-14/h6-11H,4-5H2,1-3H3/b17-9-. The zero-order valence-electron chi connectivity index (χ0n) is 16.6. The van der Waals surface area contributed by atoms with Gasteiger partial charge in [-0.05, 0) is 93.3 Å². The number of methoxy groups -OCH3 is 1. The van der Waals surface area contributed by atoms with Crippen LogP contribution in [0, 0.1) is 10.5 Å². The van der Waals surface area contributed by atoms with Crippen LogP contribution in [0.5, 0.6) is 11.5 Å². The Morgan fingerprint density at radius 2 is 2.07 bits per heavy atom. The van der Waals surface area contributed by atoms with E-state index in [-0.39, 0.29) is 17.6 Å². The first-order chi connectivity index (χ1) is 14.3. The molecule has 0 N–H and O–H groups in total. The highest BCUT2D eigenvalue weighted by atomic mass is 127. The van der Waals surface area contributed by atoms with Crippen LogP contribution in [0.15, 0.2) is 45.5 Å². The number of ether oxygens (including phenoxy) is 3. The average molecular weight is 584 g/mol. The van der Waals surface area contributed by atoms with E-state index in [0.717, 1.165) is 14.7 Å². The van der Waals surface area contributed by atoms with Gasteiger partial charge in [0.05, 0.1) is 11.6 Å². The summed E-state index contributed by atoms with van der Waals surface area (Å²) in [5.74, 6) is 0.0493. The van der Waals surface area contributed by atoms with Crippen LogP contribution in [-0.4, -0.2) is 24.9 Å². The normalized spacial score (nSPS) is 14.5. The van der Waals surface area contributed by atoms with E-state index in [1.54, 1.807) is 18.2 Å². The maximum Gasteiger partial charge on any atom is 0.363 e. The maximum absolute atomic E-state index is 12.3. The number of aryl methyl sites for hydroxylation is 1. The van der Waals surface area contributed by atoms with E-state index < -0.39 is 5.97 Å². The molecule has 0 unspecified atom stereocenters. The van der Waals surface area contributed by atoms with Crippen molar-refractivity contribution >= 4 is 62.4 Å². The first kappa shape index (κ1) is 22.5. The summed E-state index contributed by atoms with van der Waals surface area (Å²) in [7, 11) is 1.48. The number of esters is 2. The Balaban J connectivity index is 1.92. The molecule has 1 aliphatic heterocycles. The average Bonchev–Trinajstić information content (AvgIpc) is 3.06. The van der Waals surface area contributed by atoms with E-state index in [0.29, 0.717) is 34.4 Å². The minimum Gasteiger partial charge on any atom is -0.493 e. The monoisotopic (exact) mass is 583 g/mol. The molecule has 3 rings (SSSR count). The van der Waals surface area contributed by atoms with Gasteiger partial charge in [0, 0.05) is 15.6 Å². The van der Waals surface area contributed by atoms with Crippen molar-refractivity contribution in [3.05, 3.63) is 60.8 Å². The van der Waals surface area contributed by atoms with E-state index in [1.165, 1.54) is 7.11 Å². The van der Waals surface area contributed by atoms with Gasteiger partial charge in [-0.15, -0.1) is 0 Å². The molecule has 156 valence electrons. The summed E-state index contributed by atoms with van der Waals surface area (Å²) in [4.78, 5) is 28.5. The predicted molar refractivity (Wildman–Crippen MR) is 126 cm³/mol. The first-order valence-corrected chi connectivity index (χ1v) is 11.1. The Labute approximate surface area is 196 Å². The van der Waals surface area contributed by atoms with Gasteiger partial charge in [0.25, 0.3) is 0 Å². The number of hydrogen-bond donors (Lipinski definition) is 0. The van der Waals surface area contributed by atoms with E-state index in [9.17, 15) is 9.59 Å². The molecule has 1 heterocycles. The molecule has 6 nitrogen and oxygen atoms in total. The van der Waals surface area contributed by atoms with E-state index in [1.807, 2.05) is 32.0 Å². The van der Waals surface area contributed by atoms with Crippen LogP contribution in [0.1, 0.15) is 36.5 Å². The van der Waals surface area contributed by atoms with Crippen molar-refractivity contribution in [3.63, 3.8) is 0 Å². The lowest BCUT2D eigenvalue weighted by atomic mass is 10.1. The fourth-order valence-electron chi connectivity index (χ4n) is 2.71. The van der Waals surface area contributed by atoms with Crippen LogP contribution in [-0.2, 0) is 14.3 Å². The molecule has 0 amide bonds. The number of benzene rings is 2. The summed E-state index contributed by atoms with van der Waals surface area (Å²) in [5.41, 5.74) is 2.69. The summed E-state index contributed by atoms with van der Waals surface area (Å²) in [6, 6.07) is 9.13. The van der Waals surface area contributed by atoms with Crippen LogP contribution >= 0.6 is 38.5 Å². The van der Waals surface area contributed by atoms with Crippen molar-refractivity contribution in [2.24, 2.45) is 4.99 Å². The number of hydrogen-bond acceptors (Lipinski definition) is 6. The quantitative estimate of drug-likeness (QED) is 0.196. The van der Waals surface area contributed by atoms with Gasteiger partial charge in [0.2, 0.25) is 5.90 Å². The SMILES string of the molecule is CCCC(=O)Oc1c(Br)cc(/C=C2\N=C(c3ccc(C)c(I)c3)OC2=O)cc1OC. The number of carbonyl (C=O) groups excluding carboxylic acids is 2. The highest BCUT2D eigenvalue weighted by molar-refractivity contribution is 14.1. The lowest BCUT2D eigenvalue weighted by Gasteiger charge is -2.12. The minimum atomic E-state index is -0.533. The smallest absolute Gasteiger partial charge is 0.363 e. The Bertz CT molecular complexity index is 1080. The molecule has 0 radical (unpaired) electrons. The number of rotatable bonds is 6. The summed E-state index contributed by atoms with van der Waals surface area (Å²) >= 11 is 5.63. The number of cyclic esters (lactones) is 1. The first-order valence-electron chi connectivity index (χ1n) is 9.19. The van der Waals surface area contributed by atoms with E-state index in [4.69, 9.17) is 14.2 Å². The second-order valence-corrected chi connectivity index (χ2v) is 8.57. The van der Waals surface area contributed by atoms with E-state index in [2.05, 4.69) is 43.5 Å². The molecule has 1 aliphatic rings. The molecule has 0 aromatic heterocycles. The molecule has 0 spiro atoms. The summed E-state index contributed by atoms with van der Waals surface area (Å²) in [5, 5.41) is 0. The predicted octanol–water partition coefficient (Wildman–Crippen LogP) is 5.42. The molecule has 0 fully saturated rings. The lowest BCUT2D eigenvalue weighted by molar-refractivity contribution is -0.134. The van der Waals surface area contributed by atoms with Crippen LogP contribution in [0.4, 0.5) is 0 Å². The van der Waals surface area contributed by atoms with Gasteiger partial charge < -0.3 is 14.2 Å². The second kappa shape index (κ2) is 9.74. The maximum atomic E-state index is 12.3. The molecule has 0 saturated carbocycles. The zero-order chi connectivity index (χ0) is 21.8. The number of nitrogens with zero attached hydrogens (tertiary/aromatic N) is 1. The molecule has 0 aliphatic carbocycles.